The van der Waals surface area contributed by atoms with Gasteiger partial charge in [0.05, 0.1) is 0 Å². The first-order valence-corrected chi connectivity index (χ1v) is 12.1. The average molecular weight is 463 g/mol. The van der Waals surface area contributed by atoms with E-state index in [4.69, 9.17) is 4.74 Å². The molecule has 5 rings (SSSR count). The fourth-order valence-electron chi connectivity index (χ4n) is 5.56. The lowest BCUT2D eigenvalue weighted by molar-refractivity contribution is -0.143. The van der Waals surface area contributed by atoms with Crippen LogP contribution < -0.4 is 10.6 Å². The fourth-order valence-corrected chi connectivity index (χ4v) is 5.56. The molecule has 2 amide bonds. The van der Waals surface area contributed by atoms with Crippen molar-refractivity contribution in [2.24, 2.45) is 17.8 Å². The van der Waals surface area contributed by atoms with Crippen LogP contribution in [0.5, 0.6) is 0 Å². The van der Waals surface area contributed by atoms with E-state index < -0.39 is 18.1 Å². The van der Waals surface area contributed by atoms with Crippen LogP contribution >= 0.6 is 0 Å². The molecule has 2 aromatic rings. The Bertz CT molecular complexity index is 1050. The number of carboxylic acid groups (broad SMARTS) is 1. The molecule has 0 spiro atoms. The van der Waals surface area contributed by atoms with Gasteiger partial charge < -0.3 is 20.5 Å². The van der Waals surface area contributed by atoms with Crippen LogP contribution in [-0.2, 0) is 14.3 Å². The first-order chi connectivity index (χ1) is 16.5. The maximum absolute atomic E-state index is 12.8. The average Bonchev–Trinajstić information content (AvgIpc) is 3.48. The van der Waals surface area contributed by atoms with Gasteiger partial charge in [-0.3, -0.25) is 4.79 Å². The van der Waals surface area contributed by atoms with Crippen LogP contribution in [0.15, 0.2) is 48.5 Å². The van der Waals surface area contributed by atoms with E-state index in [1.807, 2.05) is 24.3 Å². The van der Waals surface area contributed by atoms with Gasteiger partial charge in [-0.05, 0) is 59.8 Å². The highest BCUT2D eigenvalue weighted by Crippen LogP contribution is 2.44. The number of benzene rings is 2. The van der Waals surface area contributed by atoms with Gasteiger partial charge in [0.1, 0.15) is 12.6 Å². The molecule has 0 heterocycles. The van der Waals surface area contributed by atoms with Gasteiger partial charge in [0.15, 0.2) is 0 Å². The molecule has 7 heteroatoms. The SMILES string of the molecule is O=C(NCC1CCCC1C(=O)NC(C(=O)O)C1CC1)OCC1c2ccccc2-c2ccccc21. The first-order valence-electron chi connectivity index (χ1n) is 12.1. The molecule has 3 atom stereocenters. The molecule has 0 aromatic heterocycles. The number of carbonyl (C=O) groups excluding carboxylic acids is 2. The van der Waals surface area contributed by atoms with Crippen molar-refractivity contribution in [2.75, 3.05) is 13.2 Å². The highest BCUT2D eigenvalue weighted by molar-refractivity contribution is 5.86. The lowest BCUT2D eigenvalue weighted by Gasteiger charge is -2.22. The molecule has 34 heavy (non-hydrogen) atoms. The molecular formula is C27H30N2O5. The summed E-state index contributed by atoms with van der Waals surface area (Å²) < 4.78 is 5.60. The molecule has 0 aliphatic heterocycles. The van der Waals surface area contributed by atoms with Crippen LogP contribution in [0.25, 0.3) is 11.1 Å². The summed E-state index contributed by atoms with van der Waals surface area (Å²) in [5.41, 5.74) is 4.68. The lowest BCUT2D eigenvalue weighted by atomic mass is 9.94. The van der Waals surface area contributed by atoms with E-state index in [9.17, 15) is 19.5 Å². The Morgan fingerprint density at radius 1 is 0.941 bits per heavy atom. The highest BCUT2D eigenvalue weighted by Gasteiger charge is 2.40. The summed E-state index contributed by atoms with van der Waals surface area (Å²) >= 11 is 0. The van der Waals surface area contributed by atoms with Crippen molar-refractivity contribution in [3.8, 4) is 11.1 Å². The molecule has 0 radical (unpaired) electrons. The second kappa shape index (κ2) is 9.49. The molecule has 178 valence electrons. The summed E-state index contributed by atoms with van der Waals surface area (Å²) in [6.45, 7) is 0.589. The number of nitrogens with one attached hydrogen (secondary N) is 2. The number of amides is 2. The first kappa shape index (κ1) is 22.4. The predicted molar refractivity (Wildman–Crippen MR) is 126 cm³/mol. The number of hydrogen-bond acceptors (Lipinski definition) is 4. The molecule has 2 saturated carbocycles. The number of carboxylic acids is 1. The number of hydrogen-bond donors (Lipinski definition) is 3. The van der Waals surface area contributed by atoms with Gasteiger partial charge in [0.2, 0.25) is 5.91 Å². The van der Waals surface area contributed by atoms with Crippen LogP contribution in [0.4, 0.5) is 4.79 Å². The fraction of sp³-hybridized carbons (Fsp3) is 0.444. The van der Waals surface area contributed by atoms with E-state index in [0.717, 1.165) is 36.8 Å². The normalized spacial score (nSPS) is 21.9. The molecule has 3 N–H and O–H groups in total. The van der Waals surface area contributed by atoms with Crippen LogP contribution in [-0.4, -0.2) is 42.3 Å². The summed E-state index contributed by atoms with van der Waals surface area (Å²) in [5.74, 6) is -1.44. The standard InChI is InChI=1S/C27H30N2O5/c30-25(29-24(26(31)32)16-12-13-16)18-11-5-6-17(18)14-28-27(33)34-15-23-21-9-3-1-7-19(21)20-8-2-4-10-22(20)23/h1-4,7-10,16-18,23-24H,5-6,11-15H2,(H,28,33)(H,29,30)(H,31,32). The number of alkyl carbamates (subject to hydrolysis) is 1. The second-order valence-electron chi connectivity index (χ2n) is 9.67. The highest BCUT2D eigenvalue weighted by atomic mass is 16.5. The molecule has 3 unspecified atom stereocenters. The van der Waals surface area contributed by atoms with E-state index in [2.05, 4.69) is 34.9 Å². The van der Waals surface area contributed by atoms with Crippen molar-refractivity contribution in [3.05, 3.63) is 59.7 Å². The number of ether oxygens (including phenoxy) is 1. The molecule has 3 aliphatic rings. The van der Waals surface area contributed by atoms with Crippen molar-refractivity contribution in [3.63, 3.8) is 0 Å². The predicted octanol–water partition coefficient (Wildman–Crippen LogP) is 3.92. The Hall–Kier alpha value is -3.35. The third-order valence-electron chi connectivity index (χ3n) is 7.51. The second-order valence-corrected chi connectivity index (χ2v) is 9.67. The van der Waals surface area contributed by atoms with Crippen LogP contribution in [0, 0.1) is 17.8 Å². The largest absolute Gasteiger partial charge is 0.480 e. The molecular weight excluding hydrogens is 432 g/mol. The van der Waals surface area contributed by atoms with Gasteiger partial charge in [-0.25, -0.2) is 9.59 Å². The van der Waals surface area contributed by atoms with E-state index in [1.165, 1.54) is 11.1 Å². The van der Waals surface area contributed by atoms with Crippen LogP contribution in [0.1, 0.15) is 49.1 Å². The van der Waals surface area contributed by atoms with Crippen molar-refractivity contribution >= 4 is 18.0 Å². The Balaban J connectivity index is 1.14. The number of aliphatic carboxylic acids is 1. The van der Waals surface area contributed by atoms with Crippen LogP contribution in [0.2, 0.25) is 0 Å². The van der Waals surface area contributed by atoms with Crippen molar-refractivity contribution in [2.45, 2.75) is 44.1 Å². The number of carbonyl (C=O) groups is 3. The van der Waals surface area contributed by atoms with E-state index in [0.29, 0.717) is 13.0 Å². The maximum atomic E-state index is 12.8. The van der Waals surface area contributed by atoms with Gasteiger partial charge in [-0.2, -0.15) is 0 Å². The number of fused-ring (bicyclic) bond motifs is 3. The maximum Gasteiger partial charge on any atom is 0.407 e. The molecule has 3 aliphatic carbocycles. The zero-order valence-electron chi connectivity index (χ0n) is 19.0. The summed E-state index contributed by atoms with van der Waals surface area (Å²) in [7, 11) is 0. The van der Waals surface area contributed by atoms with Gasteiger partial charge >= 0.3 is 12.1 Å². The topological polar surface area (TPSA) is 105 Å². The molecule has 2 fully saturated rings. The quantitative estimate of drug-likeness (QED) is 0.552. The van der Waals surface area contributed by atoms with Crippen LogP contribution in [0.3, 0.4) is 0 Å². The Labute approximate surface area is 198 Å². The third-order valence-corrected chi connectivity index (χ3v) is 7.51. The van der Waals surface area contributed by atoms with Gasteiger partial charge in [-0.15, -0.1) is 0 Å². The minimum Gasteiger partial charge on any atom is -0.480 e. The minimum absolute atomic E-state index is 0.00136. The Kier molecular flexibility index (Phi) is 6.26. The van der Waals surface area contributed by atoms with Gasteiger partial charge in [0, 0.05) is 18.4 Å². The number of rotatable bonds is 8. The summed E-state index contributed by atoms with van der Waals surface area (Å²) in [6.07, 6.45) is 3.61. The smallest absolute Gasteiger partial charge is 0.407 e. The summed E-state index contributed by atoms with van der Waals surface area (Å²) in [6, 6.07) is 15.6. The molecule has 0 bridgehead atoms. The minimum atomic E-state index is -0.970. The third kappa shape index (κ3) is 4.52. The lowest BCUT2D eigenvalue weighted by Crippen LogP contribution is -2.46. The summed E-state index contributed by atoms with van der Waals surface area (Å²) in [5, 5.41) is 15.0. The van der Waals surface area contributed by atoms with E-state index in [1.54, 1.807) is 0 Å². The van der Waals surface area contributed by atoms with E-state index >= 15 is 0 Å². The van der Waals surface area contributed by atoms with Crippen molar-refractivity contribution in [1.29, 1.82) is 0 Å². The zero-order chi connectivity index (χ0) is 23.7. The Morgan fingerprint density at radius 3 is 2.21 bits per heavy atom. The van der Waals surface area contributed by atoms with Crippen molar-refractivity contribution < 1.29 is 24.2 Å². The zero-order valence-corrected chi connectivity index (χ0v) is 19.0. The molecule has 7 nitrogen and oxygen atoms in total. The summed E-state index contributed by atoms with van der Waals surface area (Å²) in [4.78, 5) is 36.7. The van der Waals surface area contributed by atoms with E-state index in [-0.39, 0.29) is 36.2 Å². The Morgan fingerprint density at radius 2 is 1.59 bits per heavy atom. The monoisotopic (exact) mass is 462 g/mol. The van der Waals surface area contributed by atoms with Gasteiger partial charge in [0.25, 0.3) is 0 Å². The molecule has 0 saturated heterocycles. The molecule has 2 aromatic carbocycles. The van der Waals surface area contributed by atoms with Crippen molar-refractivity contribution in [1.82, 2.24) is 10.6 Å². The van der Waals surface area contributed by atoms with Gasteiger partial charge in [-0.1, -0.05) is 55.0 Å².